The van der Waals surface area contributed by atoms with Gasteiger partial charge in [0.1, 0.15) is 10.0 Å². The Balaban J connectivity index is 1.09. The quantitative estimate of drug-likeness (QED) is 0.346. The molecule has 1 aliphatic rings. The Hall–Kier alpha value is -2.73. The van der Waals surface area contributed by atoms with Gasteiger partial charge < -0.3 is 9.32 Å². The zero-order valence-corrected chi connectivity index (χ0v) is 21.0. The number of para-hydroxylation sites is 1. The molecule has 1 saturated heterocycles. The number of sulfonamides is 1. The number of halogens is 1. The van der Waals surface area contributed by atoms with E-state index in [0.29, 0.717) is 28.6 Å². The summed E-state index contributed by atoms with van der Waals surface area (Å²) in [5.74, 6) is -0.817. The van der Waals surface area contributed by atoms with Crippen LogP contribution in [0.4, 0.5) is 10.1 Å². The Labute approximate surface area is 206 Å². The van der Waals surface area contributed by atoms with Crippen molar-refractivity contribution in [2.24, 2.45) is 0 Å². The highest BCUT2D eigenvalue weighted by Gasteiger charge is 2.22. The molecule has 0 radical (unpaired) electrons. The van der Waals surface area contributed by atoms with Crippen molar-refractivity contribution in [1.29, 1.82) is 0 Å². The molecule has 0 aliphatic carbocycles. The monoisotopic (exact) mass is 518 g/mol. The van der Waals surface area contributed by atoms with Gasteiger partial charge in [0.15, 0.2) is 5.58 Å². The Morgan fingerprint density at radius 3 is 2.74 bits per heavy atom. The molecule has 4 aromatic rings. The molecule has 0 saturated carbocycles. The van der Waals surface area contributed by atoms with Crippen LogP contribution in [0.15, 0.2) is 49.8 Å². The average Bonchev–Trinajstić information content (AvgIpc) is 3.38. The number of aromatic amines is 1. The lowest BCUT2D eigenvalue weighted by Gasteiger charge is -2.36. The van der Waals surface area contributed by atoms with Crippen molar-refractivity contribution in [3.8, 4) is 0 Å². The van der Waals surface area contributed by atoms with Gasteiger partial charge in [0, 0.05) is 37.4 Å². The molecule has 5 rings (SSSR count). The Morgan fingerprint density at radius 2 is 1.94 bits per heavy atom. The predicted octanol–water partition coefficient (Wildman–Crippen LogP) is 3.66. The summed E-state index contributed by atoms with van der Waals surface area (Å²) >= 11 is 1.17. The number of hydrogen-bond acceptors (Lipinski definition) is 7. The molecule has 2 N–H and O–H groups in total. The van der Waals surface area contributed by atoms with Gasteiger partial charge in [-0.1, -0.05) is 6.07 Å². The number of rotatable bonds is 8. The number of H-pyrrole nitrogens is 1. The zero-order valence-electron chi connectivity index (χ0n) is 19.3. The average molecular weight is 519 g/mol. The maximum Gasteiger partial charge on any atom is 0.417 e. The van der Waals surface area contributed by atoms with Crippen LogP contribution in [0.5, 0.6) is 0 Å². The number of nitrogens with one attached hydrogen (secondary N) is 2. The smallest absolute Gasteiger partial charge is 0.406 e. The Morgan fingerprint density at radius 1 is 1.14 bits per heavy atom. The van der Waals surface area contributed by atoms with Crippen LogP contribution in [0.2, 0.25) is 0 Å². The first-order chi connectivity index (χ1) is 16.8. The maximum absolute atomic E-state index is 13.6. The third kappa shape index (κ3) is 4.99. The van der Waals surface area contributed by atoms with E-state index in [1.807, 2.05) is 18.2 Å². The van der Waals surface area contributed by atoms with E-state index in [1.54, 1.807) is 13.0 Å². The maximum atomic E-state index is 13.6. The number of anilines is 1. The molecule has 3 heterocycles. The highest BCUT2D eigenvalue weighted by molar-refractivity contribution is 7.91. The summed E-state index contributed by atoms with van der Waals surface area (Å²) in [5.41, 5.74) is 2.81. The molecule has 2 aromatic carbocycles. The SMILES string of the molecule is Cc1c(S(=O)(=O)NCCCCN2CCN(c3cccc4[nH]c(=O)oc34)CC2)sc2ccc(F)cc12. The molecule has 0 amide bonds. The summed E-state index contributed by atoms with van der Waals surface area (Å²) < 4.78 is 48.2. The van der Waals surface area contributed by atoms with Gasteiger partial charge in [-0.15, -0.1) is 11.3 Å². The highest BCUT2D eigenvalue weighted by Crippen LogP contribution is 2.34. The van der Waals surface area contributed by atoms with E-state index >= 15 is 0 Å². The number of oxazole rings is 1. The lowest BCUT2D eigenvalue weighted by Crippen LogP contribution is -2.46. The van der Waals surface area contributed by atoms with Crippen molar-refractivity contribution in [2.75, 3.05) is 44.2 Å². The number of benzene rings is 2. The van der Waals surface area contributed by atoms with Crippen LogP contribution >= 0.6 is 11.3 Å². The van der Waals surface area contributed by atoms with Crippen molar-refractivity contribution < 1.29 is 17.2 Å². The topological polar surface area (TPSA) is 98.6 Å². The fourth-order valence-electron chi connectivity index (χ4n) is 4.58. The first kappa shape index (κ1) is 24.0. The van der Waals surface area contributed by atoms with Crippen LogP contribution in [-0.4, -0.2) is 57.6 Å². The molecule has 8 nitrogen and oxygen atoms in total. The summed E-state index contributed by atoms with van der Waals surface area (Å²) in [4.78, 5) is 18.8. The van der Waals surface area contributed by atoms with E-state index < -0.39 is 15.8 Å². The molecule has 1 aliphatic heterocycles. The number of thiophene rings is 1. The molecular formula is C24H27FN4O4S2. The molecular weight excluding hydrogens is 491 g/mol. The molecule has 186 valence electrons. The van der Waals surface area contributed by atoms with E-state index in [4.69, 9.17) is 4.42 Å². The van der Waals surface area contributed by atoms with E-state index in [-0.39, 0.29) is 10.0 Å². The summed E-state index contributed by atoms with van der Waals surface area (Å²) in [6.45, 7) is 6.39. The van der Waals surface area contributed by atoms with E-state index in [1.165, 1.54) is 23.5 Å². The summed E-state index contributed by atoms with van der Waals surface area (Å²) in [5, 5.41) is 0.643. The number of aryl methyl sites for hydroxylation is 1. The number of aromatic nitrogens is 1. The van der Waals surface area contributed by atoms with Gasteiger partial charge in [-0.2, -0.15) is 0 Å². The first-order valence-corrected chi connectivity index (χ1v) is 13.9. The van der Waals surface area contributed by atoms with Gasteiger partial charge in [0.25, 0.3) is 0 Å². The Bertz CT molecular complexity index is 1520. The van der Waals surface area contributed by atoms with Crippen LogP contribution in [0, 0.1) is 12.7 Å². The number of nitrogens with zero attached hydrogens (tertiary/aromatic N) is 2. The van der Waals surface area contributed by atoms with Gasteiger partial charge in [-0.3, -0.25) is 9.88 Å². The molecule has 2 aromatic heterocycles. The molecule has 0 bridgehead atoms. The van der Waals surface area contributed by atoms with Crippen LogP contribution in [0.3, 0.4) is 0 Å². The molecule has 35 heavy (non-hydrogen) atoms. The molecule has 0 unspecified atom stereocenters. The lowest BCUT2D eigenvalue weighted by molar-refractivity contribution is 0.253. The van der Waals surface area contributed by atoms with Crippen LogP contribution < -0.4 is 15.4 Å². The second-order valence-electron chi connectivity index (χ2n) is 8.76. The number of piperazine rings is 1. The molecule has 1 fully saturated rings. The van der Waals surface area contributed by atoms with Gasteiger partial charge in [0.05, 0.1) is 11.2 Å². The van der Waals surface area contributed by atoms with Gasteiger partial charge in [-0.25, -0.2) is 22.3 Å². The van der Waals surface area contributed by atoms with Crippen molar-refractivity contribution in [1.82, 2.24) is 14.6 Å². The van der Waals surface area contributed by atoms with E-state index in [2.05, 4.69) is 19.5 Å². The number of hydrogen-bond donors (Lipinski definition) is 2. The van der Waals surface area contributed by atoms with Crippen molar-refractivity contribution in [2.45, 2.75) is 24.0 Å². The third-order valence-corrected chi connectivity index (χ3v) is 9.78. The summed E-state index contributed by atoms with van der Waals surface area (Å²) in [6.07, 6.45) is 1.60. The van der Waals surface area contributed by atoms with Crippen molar-refractivity contribution in [3.63, 3.8) is 0 Å². The minimum absolute atomic E-state index is 0.252. The van der Waals surface area contributed by atoms with Crippen LogP contribution in [-0.2, 0) is 10.0 Å². The minimum Gasteiger partial charge on any atom is -0.406 e. The molecule has 0 spiro atoms. The predicted molar refractivity (Wildman–Crippen MR) is 136 cm³/mol. The van der Waals surface area contributed by atoms with Gasteiger partial charge in [-0.05, 0) is 67.6 Å². The molecule has 11 heteroatoms. The fourth-order valence-corrected chi connectivity index (χ4v) is 7.44. The summed E-state index contributed by atoms with van der Waals surface area (Å²) in [7, 11) is -3.63. The second-order valence-corrected chi connectivity index (χ2v) is 11.8. The molecule has 0 atom stereocenters. The van der Waals surface area contributed by atoms with Crippen LogP contribution in [0.1, 0.15) is 18.4 Å². The number of unbranched alkanes of at least 4 members (excludes halogenated alkanes) is 1. The Kier molecular flexibility index (Phi) is 6.67. The van der Waals surface area contributed by atoms with Crippen molar-refractivity contribution >= 4 is 48.2 Å². The standard InChI is InChI=1S/C24H27FN4O4S2/c1-16-18-15-17(25)7-8-21(18)34-23(16)35(31,32)26-9-2-3-10-28-11-13-29(14-12-28)20-6-4-5-19-22(20)33-24(30)27-19/h4-8,15,26H,2-3,9-14H2,1H3,(H,27,30). The largest absolute Gasteiger partial charge is 0.417 e. The van der Waals surface area contributed by atoms with E-state index in [0.717, 1.165) is 56.0 Å². The minimum atomic E-state index is -3.63. The summed E-state index contributed by atoms with van der Waals surface area (Å²) in [6, 6.07) is 10.1. The highest BCUT2D eigenvalue weighted by atomic mass is 32.2. The van der Waals surface area contributed by atoms with E-state index in [9.17, 15) is 17.6 Å². The van der Waals surface area contributed by atoms with Crippen LogP contribution in [0.25, 0.3) is 21.2 Å². The zero-order chi connectivity index (χ0) is 24.6. The second kappa shape index (κ2) is 9.73. The fraction of sp³-hybridized carbons (Fsp3) is 0.375. The third-order valence-electron chi connectivity index (χ3n) is 6.43. The van der Waals surface area contributed by atoms with Gasteiger partial charge in [0.2, 0.25) is 10.0 Å². The normalized spacial score (nSPS) is 15.4. The number of fused-ring (bicyclic) bond motifs is 2. The lowest BCUT2D eigenvalue weighted by atomic mass is 10.2. The first-order valence-electron chi connectivity index (χ1n) is 11.6. The van der Waals surface area contributed by atoms with Gasteiger partial charge >= 0.3 is 5.76 Å². The van der Waals surface area contributed by atoms with Crippen molar-refractivity contribution in [3.05, 3.63) is 58.3 Å².